The second-order valence-electron chi connectivity index (χ2n) is 5.23. The molecule has 0 aliphatic heterocycles. The number of hydrogen-bond donors (Lipinski definition) is 3. The smallest absolute Gasteiger partial charge is 0.492 e. The van der Waals surface area contributed by atoms with Crippen LogP contribution in [0.2, 0.25) is 0 Å². The van der Waals surface area contributed by atoms with Gasteiger partial charge in [0.05, 0.1) is 12.0 Å². The van der Waals surface area contributed by atoms with Crippen molar-refractivity contribution in [3.05, 3.63) is 18.2 Å². The zero-order valence-electron chi connectivity index (χ0n) is 11.9. The van der Waals surface area contributed by atoms with Crippen molar-refractivity contribution < 1.29 is 23.2 Å². The maximum absolute atomic E-state index is 12.4. The summed E-state index contributed by atoms with van der Waals surface area (Å²) in [5.41, 5.74) is 0.0315. The second kappa shape index (κ2) is 6.78. The molecule has 3 N–H and O–H groups in total. The molecule has 0 saturated heterocycles. The fraction of sp³-hybridized carbons (Fsp3) is 0.538. The number of hydrogen-bond acceptors (Lipinski definition) is 5. The lowest BCUT2D eigenvalue weighted by molar-refractivity contribution is 0.402. The van der Waals surface area contributed by atoms with Crippen molar-refractivity contribution in [2.45, 2.75) is 43.0 Å². The van der Waals surface area contributed by atoms with Crippen molar-refractivity contribution in [3.8, 4) is 5.75 Å². The molecule has 116 valence electrons. The second-order valence-corrected chi connectivity index (χ2v) is 6.95. The lowest BCUT2D eigenvalue weighted by atomic mass is 9.79. The molecule has 0 spiro atoms. The molecule has 0 radical (unpaired) electrons. The molecule has 21 heavy (non-hydrogen) atoms. The molecule has 0 amide bonds. The highest BCUT2D eigenvalue weighted by molar-refractivity contribution is 7.89. The van der Waals surface area contributed by atoms with Gasteiger partial charge in [0.1, 0.15) is 5.75 Å². The maximum atomic E-state index is 12.4. The number of ether oxygens (including phenoxy) is 1. The van der Waals surface area contributed by atoms with Crippen LogP contribution < -0.4 is 14.9 Å². The van der Waals surface area contributed by atoms with Gasteiger partial charge < -0.3 is 14.8 Å². The number of sulfonamides is 1. The van der Waals surface area contributed by atoms with Gasteiger partial charge in [-0.2, -0.15) is 0 Å². The van der Waals surface area contributed by atoms with E-state index in [1.54, 1.807) is 0 Å². The zero-order chi connectivity index (χ0) is 15.5. The summed E-state index contributed by atoms with van der Waals surface area (Å²) in [6, 6.07) is 4.00. The topological polar surface area (TPSA) is 95.9 Å². The first-order valence-electron chi connectivity index (χ1n) is 7.00. The Morgan fingerprint density at radius 2 is 1.90 bits per heavy atom. The van der Waals surface area contributed by atoms with Crippen LogP contribution in [0.1, 0.15) is 32.1 Å². The van der Waals surface area contributed by atoms with Crippen molar-refractivity contribution in [1.82, 2.24) is 4.72 Å². The normalized spacial score (nSPS) is 16.7. The van der Waals surface area contributed by atoms with Gasteiger partial charge in [-0.3, -0.25) is 0 Å². The molecule has 0 aromatic heterocycles. The summed E-state index contributed by atoms with van der Waals surface area (Å²) < 4.78 is 32.4. The Kier molecular flexibility index (Phi) is 5.26. The molecule has 2 rings (SSSR count). The number of methoxy groups -OCH3 is 1. The van der Waals surface area contributed by atoms with E-state index in [2.05, 4.69) is 4.72 Å². The molecular formula is C13H20BNO5S. The predicted molar refractivity (Wildman–Crippen MR) is 80.0 cm³/mol. The molecule has 0 unspecified atom stereocenters. The molecule has 0 bridgehead atoms. The summed E-state index contributed by atoms with van der Waals surface area (Å²) in [5.74, 6) is 0.238. The quantitative estimate of drug-likeness (QED) is 0.664. The third-order valence-electron chi connectivity index (χ3n) is 3.72. The molecule has 1 saturated carbocycles. The first-order chi connectivity index (χ1) is 9.94. The van der Waals surface area contributed by atoms with E-state index in [-0.39, 0.29) is 22.1 Å². The minimum Gasteiger partial charge on any atom is -0.497 e. The predicted octanol–water partition coefficient (Wildman–Crippen LogP) is -0.0140. The molecule has 1 aliphatic carbocycles. The summed E-state index contributed by atoms with van der Waals surface area (Å²) in [6.07, 6.45) is 4.87. The van der Waals surface area contributed by atoms with Gasteiger partial charge in [-0.15, -0.1) is 0 Å². The first-order valence-corrected chi connectivity index (χ1v) is 8.49. The van der Waals surface area contributed by atoms with Crippen LogP contribution >= 0.6 is 0 Å². The Bertz CT molecular complexity index is 584. The largest absolute Gasteiger partial charge is 0.497 e. The van der Waals surface area contributed by atoms with Crippen LogP contribution in [0, 0.1) is 0 Å². The molecule has 1 aliphatic rings. The van der Waals surface area contributed by atoms with Gasteiger partial charge in [0.25, 0.3) is 0 Å². The van der Waals surface area contributed by atoms with E-state index in [1.165, 1.54) is 25.3 Å². The van der Waals surface area contributed by atoms with Gasteiger partial charge in [-0.1, -0.05) is 19.3 Å². The fourth-order valence-electron chi connectivity index (χ4n) is 2.59. The SMILES string of the molecule is COc1ccc(S(=O)(=O)NC2CCCCC2)cc1B(O)O. The molecular weight excluding hydrogens is 293 g/mol. The summed E-state index contributed by atoms with van der Waals surface area (Å²) >= 11 is 0. The van der Waals surface area contributed by atoms with Crippen LogP contribution in [0.5, 0.6) is 5.75 Å². The van der Waals surface area contributed by atoms with E-state index in [0.717, 1.165) is 32.1 Å². The number of nitrogens with one attached hydrogen (secondary N) is 1. The van der Waals surface area contributed by atoms with Crippen LogP contribution in [0.25, 0.3) is 0 Å². The Morgan fingerprint density at radius 3 is 2.48 bits per heavy atom. The monoisotopic (exact) mass is 313 g/mol. The average Bonchev–Trinajstić information content (AvgIpc) is 2.47. The third-order valence-corrected chi connectivity index (χ3v) is 5.23. The van der Waals surface area contributed by atoms with Crippen LogP contribution in [-0.4, -0.2) is 38.7 Å². The van der Waals surface area contributed by atoms with Crippen molar-refractivity contribution >= 4 is 22.6 Å². The zero-order valence-corrected chi connectivity index (χ0v) is 12.8. The molecule has 1 fully saturated rings. The van der Waals surface area contributed by atoms with E-state index in [0.29, 0.717) is 0 Å². The molecule has 1 aromatic rings. The molecule has 6 nitrogen and oxygen atoms in total. The van der Waals surface area contributed by atoms with E-state index in [1.807, 2.05) is 0 Å². The van der Waals surface area contributed by atoms with Crippen molar-refractivity contribution in [1.29, 1.82) is 0 Å². The summed E-state index contributed by atoms with van der Waals surface area (Å²) in [6.45, 7) is 0. The average molecular weight is 313 g/mol. The number of benzene rings is 1. The van der Waals surface area contributed by atoms with Crippen LogP contribution in [0.4, 0.5) is 0 Å². The third kappa shape index (κ3) is 3.97. The maximum Gasteiger partial charge on any atom is 0.492 e. The van der Waals surface area contributed by atoms with E-state index in [9.17, 15) is 18.5 Å². The summed E-state index contributed by atoms with van der Waals surface area (Å²) in [7, 11) is -4.07. The molecule has 0 atom stereocenters. The standard InChI is InChI=1S/C13H20BNO5S/c1-20-13-8-7-11(9-12(13)14(16)17)21(18,19)15-10-5-3-2-4-6-10/h7-10,15-17H,2-6H2,1H3. The highest BCUT2D eigenvalue weighted by Crippen LogP contribution is 2.20. The van der Waals surface area contributed by atoms with Gasteiger partial charge >= 0.3 is 7.12 Å². The Morgan fingerprint density at radius 1 is 1.24 bits per heavy atom. The first kappa shape index (κ1) is 16.3. The Balaban J connectivity index is 2.25. The number of rotatable bonds is 5. The van der Waals surface area contributed by atoms with Crippen LogP contribution in [0.15, 0.2) is 23.1 Å². The van der Waals surface area contributed by atoms with Gasteiger partial charge in [-0.25, -0.2) is 13.1 Å². The lowest BCUT2D eigenvalue weighted by Gasteiger charge is -2.22. The summed E-state index contributed by atoms with van der Waals surface area (Å²) in [5, 5.41) is 18.6. The van der Waals surface area contributed by atoms with E-state index in [4.69, 9.17) is 4.74 Å². The van der Waals surface area contributed by atoms with Gasteiger partial charge in [0, 0.05) is 11.5 Å². The Hall–Kier alpha value is -1.09. The fourth-order valence-corrected chi connectivity index (χ4v) is 3.93. The van der Waals surface area contributed by atoms with Crippen molar-refractivity contribution in [2.24, 2.45) is 0 Å². The minimum atomic E-state index is -3.67. The highest BCUT2D eigenvalue weighted by atomic mass is 32.2. The molecule has 1 aromatic carbocycles. The molecule has 0 heterocycles. The highest BCUT2D eigenvalue weighted by Gasteiger charge is 2.25. The van der Waals surface area contributed by atoms with Crippen molar-refractivity contribution in [2.75, 3.05) is 7.11 Å². The van der Waals surface area contributed by atoms with E-state index >= 15 is 0 Å². The lowest BCUT2D eigenvalue weighted by Crippen LogP contribution is -2.37. The molecule has 8 heteroatoms. The van der Waals surface area contributed by atoms with Gasteiger partial charge in [-0.05, 0) is 31.0 Å². The van der Waals surface area contributed by atoms with E-state index < -0.39 is 17.1 Å². The van der Waals surface area contributed by atoms with Gasteiger partial charge in [0.15, 0.2) is 0 Å². The summed E-state index contributed by atoms with van der Waals surface area (Å²) in [4.78, 5) is 0.0111. The minimum absolute atomic E-state index is 0.0111. The van der Waals surface area contributed by atoms with Crippen LogP contribution in [-0.2, 0) is 10.0 Å². The van der Waals surface area contributed by atoms with Gasteiger partial charge in [0.2, 0.25) is 10.0 Å². The van der Waals surface area contributed by atoms with Crippen molar-refractivity contribution in [3.63, 3.8) is 0 Å². The Labute approximate surface area is 125 Å². The van der Waals surface area contributed by atoms with Crippen LogP contribution in [0.3, 0.4) is 0 Å².